The first kappa shape index (κ1) is 11.3. The lowest BCUT2D eigenvalue weighted by molar-refractivity contribution is 0.102. The molecule has 14 heavy (non-hydrogen) atoms. The van der Waals surface area contributed by atoms with Gasteiger partial charge in [0.1, 0.15) is 5.75 Å². The Hall–Kier alpha value is -0.750. The molecule has 0 aliphatic carbocycles. The summed E-state index contributed by atoms with van der Waals surface area (Å²) in [6.07, 6.45) is 0. The fourth-order valence-corrected chi connectivity index (χ4v) is 1.62. The predicted molar refractivity (Wildman–Crippen MR) is 53.4 cm³/mol. The Kier molecular flexibility index (Phi) is 3.38. The molecule has 0 N–H and O–H groups in total. The summed E-state index contributed by atoms with van der Waals surface area (Å²) in [6.45, 7) is 0. The number of benzene rings is 1. The molecule has 1 aromatic rings. The van der Waals surface area contributed by atoms with Gasteiger partial charge in [0.25, 0.3) is 0 Å². The van der Waals surface area contributed by atoms with Crippen LogP contribution in [-0.2, 0) is 10.2 Å². The van der Waals surface area contributed by atoms with Crippen LogP contribution in [0.2, 0.25) is 0 Å². The van der Waals surface area contributed by atoms with Gasteiger partial charge in [-0.1, -0.05) is 28.1 Å². The van der Waals surface area contributed by atoms with Crippen molar-refractivity contribution >= 4 is 31.9 Å². The SMILES string of the molecule is O=C(CS(=O)(=O)F)c1ccc(Br)cc1. The van der Waals surface area contributed by atoms with Crippen molar-refractivity contribution in [1.82, 2.24) is 0 Å². The van der Waals surface area contributed by atoms with E-state index in [1.54, 1.807) is 12.1 Å². The molecule has 0 heterocycles. The number of halogens is 2. The highest BCUT2D eigenvalue weighted by molar-refractivity contribution is 9.10. The molecular weight excluding hydrogens is 275 g/mol. The average Bonchev–Trinajstić information content (AvgIpc) is 2.02. The maximum Gasteiger partial charge on any atom is 0.309 e. The van der Waals surface area contributed by atoms with Crippen molar-refractivity contribution in [3.63, 3.8) is 0 Å². The lowest BCUT2D eigenvalue weighted by atomic mass is 10.2. The summed E-state index contributed by atoms with van der Waals surface area (Å²) in [7, 11) is -4.74. The van der Waals surface area contributed by atoms with Crippen LogP contribution in [0.5, 0.6) is 0 Å². The Labute approximate surface area is 89.3 Å². The van der Waals surface area contributed by atoms with Gasteiger partial charge < -0.3 is 0 Å². The molecule has 0 fully saturated rings. The van der Waals surface area contributed by atoms with Crippen LogP contribution in [0.15, 0.2) is 28.7 Å². The number of hydrogen-bond acceptors (Lipinski definition) is 3. The molecule has 3 nitrogen and oxygen atoms in total. The standard InChI is InChI=1S/C8H6BrFO3S/c9-7-3-1-6(2-4-7)8(11)5-14(10,12)13/h1-4H,5H2. The zero-order chi connectivity index (χ0) is 10.8. The van der Waals surface area contributed by atoms with E-state index in [0.717, 1.165) is 4.47 Å². The molecule has 0 aromatic heterocycles. The van der Waals surface area contributed by atoms with Gasteiger partial charge in [-0.3, -0.25) is 4.79 Å². The van der Waals surface area contributed by atoms with Gasteiger partial charge >= 0.3 is 10.2 Å². The van der Waals surface area contributed by atoms with Crippen molar-refractivity contribution in [3.8, 4) is 0 Å². The third kappa shape index (κ3) is 3.55. The molecule has 76 valence electrons. The van der Waals surface area contributed by atoms with Gasteiger partial charge in [0.05, 0.1) is 0 Å². The third-order valence-electron chi connectivity index (χ3n) is 1.47. The number of rotatable bonds is 3. The van der Waals surface area contributed by atoms with Crippen LogP contribution in [0.25, 0.3) is 0 Å². The maximum atomic E-state index is 12.1. The minimum Gasteiger partial charge on any atom is -0.293 e. The second-order valence-corrected chi connectivity index (χ2v) is 4.90. The van der Waals surface area contributed by atoms with E-state index in [0.29, 0.717) is 0 Å². The molecule has 0 saturated carbocycles. The summed E-state index contributed by atoms with van der Waals surface area (Å²) in [5.74, 6) is -1.85. The maximum absolute atomic E-state index is 12.1. The van der Waals surface area contributed by atoms with Gasteiger partial charge in [-0.25, -0.2) is 0 Å². The highest BCUT2D eigenvalue weighted by Gasteiger charge is 2.16. The number of Topliss-reactive ketones (excluding diaryl/α,β-unsaturated/α-hetero) is 1. The van der Waals surface area contributed by atoms with E-state index in [1.807, 2.05) is 0 Å². The average molecular weight is 281 g/mol. The molecule has 0 atom stereocenters. The van der Waals surface area contributed by atoms with Crippen LogP contribution in [0.3, 0.4) is 0 Å². The molecule has 0 aliphatic heterocycles. The first-order valence-corrected chi connectivity index (χ1v) is 5.94. The zero-order valence-corrected chi connectivity index (χ0v) is 9.31. The second kappa shape index (κ2) is 4.18. The van der Waals surface area contributed by atoms with Crippen LogP contribution in [0.1, 0.15) is 10.4 Å². The largest absolute Gasteiger partial charge is 0.309 e. The van der Waals surface area contributed by atoms with Crippen LogP contribution in [-0.4, -0.2) is 20.0 Å². The highest BCUT2D eigenvalue weighted by atomic mass is 79.9. The van der Waals surface area contributed by atoms with Crippen LogP contribution in [0.4, 0.5) is 3.89 Å². The molecular formula is C8H6BrFO3S. The Bertz CT molecular complexity index is 438. The van der Waals surface area contributed by atoms with E-state index in [9.17, 15) is 17.1 Å². The fraction of sp³-hybridized carbons (Fsp3) is 0.125. The molecule has 0 spiro atoms. The molecule has 6 heteroatoms. The highest BCUT2D eigenvalue weighted by Crippen LogP contribution is 2.11. The smallest absolute Gasteiger partial charge is 0.293 e. The first-order valence-electron chi connectivity index (χ1n) is 3.59. The lowest BCUT2D eigenvalue weighted by Crippen LogP contribution is -2.11. The molecule has 0 unspecified atom stereocenters. The van der Waals surface area contributed by atoms with Crippen molar-refractivity contribution in [2.24, 2.45) is 0 Å². The summed E-state index contributed by atoms with van der Waals surface area (Å²) in [4.78, 5) is 11.1. The quantitative estimate of drug-likeness (QED) is 0.628. The molecule has 1 rings (SSSR count). The van der Waals surface area contributed by atoms with Crippen LogP contribution >= 0.6 is 15.9 Å². The van der Waals surface area contributed by atoms with Crippen LogP contribution < -0.4 is 0 Å². The molecule has 0 saturated heterocycles. The summed E-state index contributed by atoms with van der Waals surface area (Å²) >= 11 is 3.15. The number of hydrogen-bond donors (Lipinski definition) is 0. The molecule has 0 bridgehead atoms. The summed E-state index contributed by atoms with van der Waals surface area (Å²) in [5, 5.41) is 0. The minimum absolute atomic E-state index is 0.175. The van der Waals surface area contributed by atoms with Crippen LogP contribution in [0, 0.1) is 0 Å². The van der Waals surface area contributed by atoms with E-state index >= 15 is 0 Å². The number of carbonyl (C=O) groups is 1. The van der Waals surface area contributed by atoms with Crippen molar-refractivity contribution in [2.75, 3.05) is 5.75 Å². The lowest BCUT2D eigenvalue weighted by Gasteiger charge is -1.97. The van der Waals surface area contributed by atoms with Gasteiger partial charge in [-0.2, -0.15) is 8.42 Å². The second-order valence-electron chi connectivity index (χ2n) is 2.61. The molecule has 1 aromatic carbocycles. The number of ketones is 1. The molecule has 0 radical (unpaired) electrons. The van der Waals surface area contributed by atoms with Gasteiger partial charge in [0.2, 0.25) is 0 Å². The monoisotopic (exact) mass is 280 g/mol. The topological polar surface area (TPSA) is 51.2 Å². The zero-order valence-electron chi connectivity index (χ0n) is 6.91. The first-order chi connectivity index (χ1) is 6.38. The third-order valence-corrected chi connectivity index (χ3v) is 2.61. The van der Waals surface area contributed by atoms with E-state index in [2.05, 4.69) is 15.9 Å². The van der Waals surface area contributed by atoms with E-state index in [-0.39, 0.29) is 5.56 Å². The van der Waals surface area contributed by atoms with Crippen molar-refractivity contribution in [2.45, 2.75) is 0 Å². The van der Waals surface area contributed by atoms with Crippen molar-refractivity contribution in [1.29, 1.82) is 0 Å². The van der Waals surface area contributed by atoms with Crippen molar-refractivity contribution in [3.05, 3.63) is 34.3 Å². The summed E-state index contributed by atoms with van der Waals surface area (Å²) in [5.41, 5.74) is 0.175. The van der Waals surface area contributed by atoms with E-state index < -0.39 is 21.8 Å². The summed E-state index contributed by atoms with van der Waals surface area (Å²) in [6, 6.07) is 6.02. The normalized spacial score (nSPS) is 11.3. The number of carbonyl (C=O) groups excluding carboxylic acids is 1. The van der Waals surface area contributed by atoms with Gasteiger partial charge in [-0.15, -0.1) is 3.89 Å². The predicted octanol–water partition coefficient (Wildman–Crippen LogP) is 1.93. The van der Waals surface area contributed by atoms with E-state index in [1.165, 1.54) is 12.1 Å². The van der Waals surface area contributed by atoms with Gasteiger partial charge in [-0.05, 0) is 12.1 Å². The Balaban J connectivity index is 2.86. The molecule has 0 aliphatic rings. The Morgan fingerprint density at radius 1 is 1.29 bits per heavy atom. The minimum atomic E-state index is -4.74. The summed E-state index contributed by atoms with van der Waals surface area (Å²) < 4.78 is 33.3. The Morgan fingerprint density at radius 3 is 2.21 bits per heavy atom. The van der Waals surface area contributed by atoms with E-state index in [4.69, 9.17) is 0 Å². The van der Waals surface area contributed by atoms with Gasteiger partial charge in [0, 0.05) is 10.0 Å². The molecule has 0 amide bonds. The van der Waals surface area contributed by atoms with Gasteiger partial charge in [0.15, 0.2) is 5.78 Å². The Morgan fingerprint density at radius 2 is 1.79 bits per heavy atom. The van der Waals surface area contributed by atoms with Crippen molar-refractivity contribution < 1.29 is 17.1 Å². The fourth-order valence-electron chi connectivity index (χ4n) is 0.876.